The zero-order valence-electron chi connectivity index (χ0n) is 8.56. The average Bonchev–Trinajstić information content (AvgIpc) is 2.59. The Labute approximate surface area is 97.6 Å². The molecule has 2 N–H and O–H groups in total. The summed E-state index contributed by atoms with van der Waals surface area (Å²) in [6, 6.07) is 0. The van der Waals surface area contributed by atoms with Gasteiger partial charge in [-0.3, -0.25) is 4.79 Å². The molecule has 0 radical (unpaired) electrons. The van der Waals surface area contributed by atoms with Crippen molar-refractivity contribution in [3.8, 4) is 0 Å². The molecular weight excluding hydrogens is 245 g/mol. The van der Waals surface area contributed by atoms with Gasteiger partial charge in [0.1, 0.15) is 6.54 Å². The minimum atomic E-state index is -4.31. The van der Waals surface area contributed by atoms with E-state index < -0.39 is 18.6 Å². The zero-order valence-corrected chi connectivity index (χ0v) is 9.38. The van der Waals surface area contributed by atoms with Crippen LogP contribution in [0.15, 0.2) is 0 Å². The Kier molecular flexibility index (Phi) is 3.74. The smallest absolute Gasteiger partial charge is 0.347 e. The second kappa shape index (κ2) is 4.41. The van der Waals surface area contributed by atoms with Crippen molar-refractivity contribution in [2.75, 3.05) is 19.6 Å². The summed E-state index contributed by atoms with van der Waals surface area (Å²) < 4.78 is 35.5. The highest BCUT2D eigenvalue weighted by molar-refractivity contribution is 5.85. The Morgan fingerprint density at radius 3 is 2.69 bits per heavy atom. The molecule has 2 aliphatic rings. The summed E-state index contributed by atoms with van der Waals surface area (Å²) in [4.78, 5) is 11.4. The summed E-state index contributed by atoms with van der Waals surface area (Å²) in [6.45, 7) is 0.409. The number of rotatable bonds is 2. The van der Waals surface area contributed by atoms with Gasteiger partial charge in [0.15, 0.2) is 0 Å². The van der Waals surface area contributed by atoms with Gasteiger partial charge in [-0.05, 0) is 24.8 Å². The second-order valence-corrected chi connectivity index (χ2v) is 4.38. The lowest BCUT2D eigenvalue weighted by Gasteiger charge is -2.10. The van der Waals surface area contributed by atoms with Crippen LogP contribution in [0, 0.1) is 11.3 Å². The third kappa shape index (κ3) is 2.79. The highest BCUT2D eigenvalue weighted by Gasteiger charge is 2.59. The Balaban J connectivity index is 0.00000128. The lowest BCUT2D eigenvalue weighted by Crippen LogP contribution is -2.36. The van der Waals surface area contributed by atoms with Crippen molar-refractivity contribution in [2.24, 2.45) is 11.3 Å². The minimum Gasteiger partial charge on any atom is -0.347 e. The molecule has 1 amide bonds. The van der Waals surface area contributed by atoms with E-state index in [4.69, 9.17) is 0 Å². The van der Waals surface area contributed by atoms with E-state index >= 15 is 0 Å². The minimum absolute atomic E-state index is 0. The van der Waals surface area contributed by atoms with E-state index in [9.17, 15) is 18.0 Å². The van der Waals surface area contributed by atoms with Gasteiger partial charge in [0.25, 0.3) is 0 Å². The van der Waals surface area contributed by atoms with Crippen LogP contribution in [0.5, 0.6) is 0 Å². The first-order valence-electron chi connectivity index (χ1n) is 4.98. The SMILES string of the molecule is Cl.O=C(NCC(F)(F)F)C1CC12CCNC2. The van der Waals surface area contributed by atoms with Crippen LogP contribution in [0.25, 0.3) is 0 Å². The number of carbonyl (C=O) groups excluding carboxylic acids is 1. The van der Waals surface area contributed by atoms with Crippen molar-refractivity contribution < 1.29 is 18.0 Å². The van der Waals surface area contributed by atoms with Crippen LogP contribution in [-0.2, 0) is 4.79 Å². The molecule has 0 aromatic heterocycles. The number of hydrogen-bond acceptors (Lipinski definition) is 2. The van der Waals surface area contributed by atoms with Crippen LogP contribution < -0.4 is 10.6 Å². The van der Waals surface area contributed by atoms with E-state index in [1.54, 1.807) is 0 Å². The molecular formula is C9H14ClF3N2O. The molecule has 2 fully saturated rings. The molecule has 1 saturated heterocycles. The molecule has 3 nitrogen and oxygen atoms in total. The van der Waals surface area contributed by atoms with Crippen molar-refractivity contribution >= 4 is 18.3 Å². The van der Waals surface area contributed by atoms with E-state index in [0.717, 1.165) is 25.9 Å². The van der Waals surface area contributed by atoms with Gasteiger partial charge in [0, 0.05) is 12.5 Å². The Morgan fingerprint density at radius 2 is 2.19 bits per heavy atom. The van der Waals surface area contributed by atoms with Crippen LogP contribution in [0.4, 0.5) is 13.2 Å². The van der Waals surface area contributed by atoms with Gasteiger partial charge in [-0.2, -0.15) is 13.2 Å². The summed E-state index contributed by atoms with van der Waals surface area (Å²) >= 11 is 0. The van der Waals surface area contributed by atoms with Gasteiger partial charge in [-0.1, -0.05) is 0 Å². The number of amides is 1. The third-order valence-electron chi connectivity index (χ3n) is 3.25. The van der Waals surface area contributed by atoms with E-state index in [1.807, 2.05) is 5.32 Å². The molecule has 0 bridgehead atoms. The first-order chi connectivity index (χ1) is 6.93. The quantitative estimate of drug-likeness (QED) is 0.778. The number of alkyl halides is 3. The molecule has 94 valence electrons. The Morgan fingerprint density at radius 1 is 1.50 bits per heavy atom. The third-order valence-corrected chi connectivity index (χ3v) is 3.25. The molecule has 2 rings (SSSR count). The highest BCUT2D eigenvalue weighted by Crippen LogP contribution is 2.56. The van der Waals surface area contributed by atoms with Crippen molar-refractivity contribution in [1.29, 1.82) is 0 Å². The predicted octanol–water partition coefficient (Wildman–Crippen LogP) is 1.09. The molecule has 1 saturated carbocycles. The topological polar surface area (TPSA) is 41.1 Å². The van der Waals surface area contributed by atoms with Crippen molar-refractivity contribution in [3.05, 3.63) is 0 Å². The lowest BCUT2D eigenvalue weighted by molar-refractivity contribution is -0.139. The molecule has 2 unspecified atom stereocenters. The molecule has 1 heterocycles. The maximum absolute atomic E-state index is 11.8. The standard InChI is InChI=1S/C9H13F3N2O.ClH/c10-9(11,12)5-14-7(15)6-3-8(6)1-2-13-4-8;/h6,13H,1-5H2,(H,14,15);1H. The molecule has 7 heteroatoms. The molecule has 2 atom stereocenters. The average molecular weight is 259 g/mol. The molecule has 0 aromatic carbocycles. The van der Waals surface area contributed by atoms with Crippen LogP contribution >= 0.6 is 12.4 Å². The number of hydrogen-bond donors (Lipinski definition) is 2. The van der Waals surface area contributed by atoms with E-state index in [2.05, 4.69) is 5.32 Å². The first-order valence-corrected chi connectivity index (χ1v) is 4.98. The van der Waals surface area contributed by atoms with Crippen molar-refractivity contribution in [2.45, 2.75) is 19.0 Å². The molecule has 0 aromatic rings. The van der Waals surface area contributed by atoms with Crippen molar-refractivity contribution in [1.82, 2.24) is 10.6 Å². The van der Waals surface area contributed by atoms with Gasteiger partial charge in [0.2, 0.25) is 5.91 Å². The normalized spacial score (nSPS) is 32.3. The predicted molar refractivity (Wildman–Crippen MR) is 54.3 cm³/mol. The summed E-state index contributed by atoms with van der Waals surface area (Å²) in [5.41, 5.74) is -0.0321. The van der Waals surface area contributed by atoms with Crippen LogP contribution in [0.3, 0.4) is 0 Å². The Hall–Kier alpha value is -0.490. The molecule has 1 aliphatic heterocycles. The van der Waals surface area contributed by atoms with Gasteiger partial charge in [-0.25, -0.2) is 0 Å². The molecule has 16 heavy (non-hydrogen) atoms. The van der Waals surface area contributed by atoms with Gasteiger partial charge < -0.3 is 10.6 Å². The Bertz CT molecular complexity index is 276. The fraction of sp³-hybridized carbons (Fsp3) is 0.889. The molecule has 1 aliphatic carbocycles. The summed E-state index contributed by atoms with van der Waals surface area (Å²) in [6.07, 6.45) is -2.69. The summed E-state index contributed by atoms with van der Waals surface area (Å²) in [5.74, 6) is -0.661. The second-order valence-electron chi connectivity index (χ2n) is 4.38. The highest BCUT2D eigenvalue weighted by atomic mass is 35.5. The number of nitrogens with one attached hydrogen (secondary N) is 2. The van der Waals surface area contributed by atoms with Crippen molar-refractivity contribution in [3.63, 3.8) is 0 Å². The van der Waals surface area contributed by atoms with Crippen LogP contribution in [0.2, 0.25) is 0 Å². The van der Waals surface area contributed by atoms with E-state index in [0.29, 0.717) is 0 Å². The lowest BCUT2D eigenvalue weighted by atomic mass is 10.0. The number of carbonyl (C=O) groups is 1. The van der Waals surface area contributed by atoms with E-state index in [-0.39, 0.29) is 23.7 Å². The van der Waals surface area contributed by atoms with Gasteiger partial charge in [0.05, 0.1) is 0 Å². The zero-order chi connectivity index (χ0) is 11.1. The fourth-order valence-electron chi connectivity index (χ4n) is 2.26. The summed E-state index contributed by atoms with van der Waals surface area (Å²) in [7, 11) is 0. The monoisotopic (exact) mass is 258 g/mol. The van der Waals surface area contributed by atoms with Crippen LogP contribution in [0.1, 0.15) is 12.8 Å². The maximum Gasteiger partial charge on any atom is 0.405 e. The van der Waals surface area contributed by atoms with Crippen LogP contribution in [-0.4, -0.2) is 31.7 Å². The van der Waals surface area contributed by atoms with E-state index in [1.165, 1.54) is 0 Å². The largest absolute Gasteiger partial charge is 0.405 e. The first kappa shape index (κ1) is 13.6. The molecule has 1 spiro atoms. The number of halogens is 4. The van der Waals surface area contributed by atoms with Gasteiger partial charge in [-0.15, -0.1) is 12.4 Å². The summed E-state index contributed by atoms with van der Waals surface area (Å²) in [5, 5.41) is 5.07. The maximum atomic E-state index is 11.8. The van der Waals surface area contributed by atoms with Gasteiger partial charge >= 0.3 is 6.18 Å². The fourth-order valence-corrected chi connectivity index (χ4v) is 2.26.